The van der Waals surface area contributed by atoms with Crippen LogP contribution in [0.25, 0.3) is 11.0 Å². The quantitative estimate of drug-likeness (QED) is 0.414. The van der Waals surface area contributed by atoms with Gasteiger partial charge >= 0.3 is 5.97 Å². The summed E-state index contributed by atoms with van der Waals surface area (Å²) in [5.41, 5.74) is 3.10. The number of anilines is 2. The summed E-state index contributed by atoms with van der Waals surface area (Å²) in [6.45, 7) is 2.01. The number of rotatable bonds is 6. The van der Waals surface area contributed by atoms with Crippen LogP contribution in [0.15, 0.2) is 24.3 Å². The Morgan fingerprint density at radius 1 is 1.25 bits per heavy atom. The van der Waals surface area contributed by atoms with Crippen LogP contribution in [-0.4, -0.2) is 45.0 Å². The minimum atomic E-state index is -2.73. The SMILES string of the molecule is C[C@@H](Nc1ccc(Cl)nc1C(=O)O)c1cc(C2CC2)cc2nc(C#N)c(N3CCC(F)(F)CC3)nc12. The lowest BCUT2D eigenvalue weighted by molar-refractivity contribution is -0.0221. The fourth-order valence-electron chi connectivity index (χ4n) is 4.55. The van der Waals surface area contributed by atoms with Crippen LogP contribution in [0.1, 0.15) is 71.9 Å². The Bertz CT molecular complexity index is 1400. The number of fused-ring (bicyclic) bond motifs is 1. The van der Waals surface area contributed by atoms with Gasteiger partial charge < -0.3 is 15.3 Å². The maximum Gasteiger partial charge on any atom is 0.356 e. The van der Waals surface area contributed by atoms with Crippen LogP contribution in [0, 0.1) is 11.3 Å². The molecule has 2 aliphatic rings. The predicted octanol–water partition coefficient (Wildman–Crippen LogP) is 5.53. The van der Waals surface area contributed by atoms with Crippen molar-refractivity contribution in [2.75, 3.05) is 23.3 Å². The average Bonchev–Trinajstić information content (AvgIpc) is 3.69. The molecule has 3 heterocycles. The second-order valence-corrected chi connectivity index (χ2v) is 9.69. The highest BCUT2D eigenvalue weighted by Crippen LogP contribution is 2.43. The maximum absolute atomic E-state index is 13.8. The average molecular weight is 513 g/mol. The van der Waals surface area contributed by atoms with Crippen molar-refractivity contribution in [3.05, 3.63) is 51.9 Å². The Kier molecular flexibility index (Phi) is 6.12. The van der Waals surface area contributed by atoms with E-state index in [1.165, 1.54) is 6.07 Å². The third kappa shape index (κ3) is 4.75. The van der Waals surface area contributed by atoms with Crippen molar-refractivity contribution in [1.82, 2.24) is 15.0 Å². The molecule has 186 valence electrons. The molecule has 2 aromatic heterocycles. The first-order chi connectivity index (χ1) is 17.1. The first kappa shape index (κ1) is 24.1. The number of pyridine rings is 1. The normalized spacial score (nSPS) is 18.0. The van der Waals surface area contributed by atoms with Crippen molar-refractivity contribution in [1.29, 1.82) is 5.26 Å². The number of nitriles is 1. The van der Waals surface area contributed by atoms with E-state index in [9.17, 15) is 23.9 Å². The van der Waals surface area contributed by atoms with E-state index in [1.807, 2.05) is 19.1 Å². The smallest absolute Gasteiger partial charge is 0.356 e. The first-order valence-corrected chi connectivity index (χ1v) is 12.1. The lowest BCUT2D eigenvalue weighted by Crippen LogP contribution is -2.40. The number of aromatic nitrogens is 3. The van der Waals surface area contributed by atoms with Crippen molar-refractivity contribution >= 4 is 40.1 Å². The number of hydrogen-bond donors (Lipinski definition) is 2. The maximum atomic E-state index is 13.8. The van der Waals surface area contributed by atoms with Gasteiger partial charge in [0.2, 0.25) is 0 Å². The molecule has 1 aromatic carbocycles. The molecule has 0 spiro atoms. The Balaban J connectivity index is 1.59. The van der Waals surface area contributed by atoms with E-state index in [4.69, 9.17) is 16.6 Å². The molecule has 1 aliphatic carbocycles. The van der Waals surface area contributed by atoms with Gasteiger partial charge in [-0.15, -0.1) is 0 Å². The molecule has 0 unspecified atom stereocenters. The summed E-state index contributed by atoms with van der Waals surface area (Å²) in [6.07, 6.45) is 1.47. The van der Waals surface area contributed by atoms with Gasteiger partial charge in [0.1, 0.15) is 11.2 Å². The van der Waals surface area contributed by atoms with Crippen molar-refractivity contribution in [3.63, 3.8) is 0 Å². The molecule has 36 heavy (non-hydrogen) atoms. The number of carboxylic acids is 1. The van der Waals surface area contributed by atoms with Gasteiger partial charge in [-0.3, -0.25) is 0 Å². The van der Waals surface area contributed by atoms with Gasteiger partial charge in [-0.05, 0) is 49.4 Å². The van der Waals surface area contributed by atoms with Crippen molar-refractivity contribution < 1.29 is 18.7 Å². The summed E-state index contributed by atoms with van der Waals surface area (Å²) in [7, 11) is 0. The number of nitrogens with one attached hydrogen (secondary N) is 1. The molecule has 1 atom stereocenters. The van der Waals surface area contributed by atoms with E-state index in [1.54, 1.807) is 11.0 Å². The zero-order valence-corrected chi connectivity index (χ0v) is 20.2. The van der Waals surface area contributed by atoms with E-state index in [-0.39, 0.29) is 48.3 Å². The van der Waals surface area contributed by atoms with Gasteiger partial charge in [-0.1, -0.05) is 17.7 Å². The highest BCUT2D eigenvalue weighted by atomic mass is 35.5. The molecule has 1 aliphatic heterocycles. The van der Waals surface area contributed by atoms with E-state index in [0.717, 1.165) is 24.0 Å². The van der Waals surface area contributed by atoms with E-state index < -0.39 is 17.9 Å². The van der Waals surface area contributed by atoms with Crippen LogP contribution in [0.3, 0.4) is 0 Å². The molecule has 2 N–H and O–H groups in total. The Morgan fingerprint density at radius 2 is 1.97 bits per heavy atom. The predicted molar refractivity (Wildman–Crippen MR) is 131 cm³/mol. The van der Waals surface area contributed by atoms with Crippen molar-refractivity contribution in [2.45, 2.75) is 50.5 Å². The number of benzene rings is 1. The largest absolute Gasteiger partial charge is 0.476 e. The zero-order chi connectivity index (χ0) is 25.6. The molecule has 8 nitrogen and oxygen atoms in total. The number of piperidine rings is 1. The molecule has 0 amide bonds. The first-order valence-electron chi connectivity index (χ1n) is 11.7. The fourth-order valence-corrected chi connectivity index (χ4v) is 4.70. The molecular weight excluding hydrogens is 490 g/mol. The van der Waals surface area contributed by atoms with Gasteiger partial charge in [0.05, 0.1) is 22.8 Å². The number of carboxylic acid groups (broad SMARTS) is 1. The van der Waals surface area contributed by atoms with Crippen LogP contribution in [0.4, 0.5) is 20.3 Å². The lowest BCUT2D eigenvalue weighted by atomic mass is 9.99. The van der Waals surface area contributed by atoms with Crippen LogP contribution in [0.2, 0.25) is 5.15 Å². The minimum Gasteiger partial charge on any atom is -0.476 e. The summed E-state index contributed by atoms with van der Waals surface area (Å²) in [6, 6.07) is 8.68. The minimum absolute atomic E-state index is 0.0680. The highest BCUT2D eigenvalue weighted by molar-refractivity contribution is 6.29. The standard InChI is InChI=1S/C25H23ClF2N6O2/c1-13(30-17-4-5-20(26)32-22(17)24(35)36)16-10-15(14-2-3-14)11-18-21(16)33-23(19(12-29)31-18)34-8-6-25(27,28)7-9-34/h4-5,10-11,13-14,30H,2-3,6-9H2,1H3,(H,35,36)/t13-/m1/s1. The molecule has 3 aromatic rings. The summed E-state index contributed by atoms with van der Waals surface area (Å²) in [5.74, 6) is -3.27. The lowest BCUT2D eigenvalue weighted by Gasteiger charge is -2.33. The highest BCUT2D eigenvalue weighted by Gasteiger charge is 2.35. The topological polar surface area (TPSA) is 115 Å². The number of nitrogens with zero attached hydrogens (tertiary/aromatic N) is 5. The molecular formula is C25H23ClF2N6O2. The van der Waals surface area contributed by atoms with E-state index in [0.29, 0.717) is 22.6 Å². The number of aromatic carboxylic acids is 1. The molecule has 1 saturated carbocycles. The van der Waals surface area contributed by atoms with Crippen LogP contribution >= 0.6 is 11.6 Å². The van der Waals surface area contributed by atoms with Crippen molar-refractivity contribution in [3.8, 4) is 6.07 Å². The molecule has 0 bridgehead atoms. The van der Waals surface area contributed by atoms with Gasteiger partial charge in [0, 0.05) is 31.5 Å². The second kappa shape index (κ2) is 9.13. The van der Waals surface area contributed by atoms with Crippen molar-refractivity contribution in [2.24, 2.45) is 0 Å². The molecule has 5 rings (SSSR count). The monoisotopic (exact) mass is 512 g/mol. The van der Waals surface area contributed by atoms with Gasteiger partial charge in [0.25, 0.3) is 5.92 Å². The molecule has 0 radical (unpaired) electrons. The third-order valence-corrected chi connectivity index (χ3v) is 6.87. The Labute approximate surface area is 210 Å². The van der Waals surface area contributed by atoms with Gasteiger partial charge in [0.15, 0.2) is 17.2 Å². The summed E-state index contributed by atoms with van der Waals surface area (Å²) in [5, 5.41) is 22.6. The van der Waals surface area contributed by atoms with E-state index >= 15 is 0 Å². The Hall–Kier alpha value is -3.58. The number of alkyl halides is 2. The number of halogens is 3. The molecule has 2 fully saturated rings. The molecule has 1 saturated heterocycles. The van der Waals surface area contributed by atoms with Crippen LogP contribution < -0.4 is 10.2 Å². The van der Waals surface area contributed by atoms with E-state index in [2.05, 4.69) is 21.4 Å². The molecule has 11 heteroatoms. The Morgan fingerprint density at radius 3 is 2.61 bits per heavy atom. The summed E-state index contributed by atoms with van der Waals surface area (Å²) < 4.78 is 27.5. The van der Waals surface area contributed by atoms with Gasteiger partial charge in [-0.2, -0.15) is 5.26 Å². The summed E-state index contributed by atoms with van der Waals surface area (Å²) in [4.78, 5) is 26.7. The summed E-state index contributed by atoms with van der Waals surface area (Å²) >= 11 is 5.89. The number of hydrogen-bond acceptors (Lipinski definition) is 7. The third-order valence-electron chi connectivity index (χ3n) is 6.65. The van der Waals surface area contributed by atoms with Crippen LogP contribution in [0.5, 0.6) is 0 Å². The second-order valence-electron chi connectivity index (χ2n) is 9.30. The fraction of sp³-hybridized carbons (Fsp3) is 0.400. The zero-order valence-electron chi connectivity index (χ0n) is 19.4. The van der Waals surface area contributed by atoms with Crippen LogP contribution in [-0.2, 0) is 0 Å². The van der Waals surface area contributed by atoms with Gasteiger partial charge in [-0.25, -0.2) is 28.5 Å². The number of carbonyl (C=O) groups is 1.